The standard InChI is InChI=1S/C33H55ClN4O10/c34-15-7-3-4-8-17-43-19-20-44-18-16-36-32(41)47-25-23-45-21-22-46-24-26-48-33(42)37-27-28-11-13-29(14-12-28)38-31(40)10-6-2-1-5-9-30(35)39/h11-14H,1-10,15-27H2,(H2,35,39)(H,36,41)(H,37,42)(H,38,40). The van der Waals surface area contributed by atoms with Gasteiger partial charge in [-0.05, 0) is 43.4 Å². The number of hydrogen-bond acceptors (Lipinski definition) is 10. The van der Waals surface area contributed by atoms with Gasteiger partial charge in [0, 0.05) is 44.1 Å². The first-order valence-electron chi connectivity index (χ1n) is 16.8. The molecule has 274 valence electrons. The molecule has 5 N–H and O–H groups in total. The Morgan fingerprint density at radius 2 is 1.10 bits per heavy atom. The molecule has 0 saturated heterocycles. The van der Waals surface area contributed by atoms with E-state index in [1.165, 1.54) is 0 Å². The first kappa shape index (κ1) is 42.9. The van der Waals surface area contributed by atoms with Crippen LogP contribution in [0.4, 0.5) is 15.3 Å². The van der Waals surface area contributed by atoms with E-state index in [4.69, 9.17) is 45.8 Å². The van der Waals surface area contributed by atoms with Gasteiger partial charge in [-0.25, -0.2) is 9.59 Å². The molecular formula is C33H55ClN4O10. The summed E-state index contributed by atoms with van der Waals surface area (Å²) in [6.45, 7) is 3.91. The predicted molar refractivity (Wildman–Crippen MR) is 182 cm³/mol. The number of unbranched alkanes of at least 4 members (excludes halogenated alkanes) is 6. The lowest BCUT2D eigenvalue weighted by Gasteiger charge is -2.10. The molecule has 0 saturated carbocycles. The molecule has 0 atom stereocenters. The smallest absolute Gasteiger partial charge is 0.407 e. The van der Waals surface area contributed by atoms with E-state index in [9.17, 15) is 19.2 Å². The predicted octanol–water partition coefficient (Wildman–Crippen LogP) is 4.27. The van der Waals surface area contributed by atoms with E-state index in [1.807, 2.05) is 12.1 Å². The maximum absolute atomic E-state index is 12.1. The van der Waals surface area contributed by atoms with Crippen molar-refractivity contribution in [1.29, 1.82) is 0 Å². The minimum Gasteiger partial charge on any atom is -0.447 e. The Hall–Kier alpha value is -3.17. The van der Waals surface area contributed by atoms with E-state index in [1.54, 1.807) is 12.1 Å². The van der Waals surface area contributed by atoms with Crippen LogP contribution in [0.3, 0.4) is 0 Å². The van der Waals surface area contributed by atoms with Crippen LogP contribution in [0, 0.1) is 0 Å². The van der Waals surface area contributed by atoms with Crippen molar-refractivity contribution < 1.29 is 47.6 Å². The zero-order valence-electron chi connectivity index (χ0n) is 28.1. The lowest BCUT2D eigenvalue weighted by Crippen LogP contribution is -2.29. The number of rotatable bonds is 31. The van der Waals surface area contributed by atoms with Crippen LogP contribution in [0.1, 0.15) is 69.8 Å². The number of primary amides is 1. The van der Waals surface area contributed by atoms with Gasteiger partial charge in [0.2, 0.25) is 11.8 Å². The molecule has 1 rings (SSSR count). The van der Waals surface area contributed by atoms with Crippen molar-refractivity contribution in [3.8, 4) is 0 Å². The number of carbonyl (C=O) groups excluding carboxylic acids is 4. The molecule has 0 aliphatic rings. The van der Waals surface area contributed by atoms with Crippen molar-refractivity contribution in [1.82, 2.24) is 10.6 Å². The number of nitrogens with one attached hydrogen (secondary N) is 3. The monoisotopic (exact) mass is 702 g/mol. The van der Waals surface area contributed by atoms with Gasteiger partial charge in [-0.1, -0.05) is 37.8 Å². The molecule has 0 radical (unpaired) electrons. The molecule has 1 aromatic rings. The Bertz CT molecular complexity index is 988. The average Bonchev–Trinajstić information content (AvgIpc) is 3.07. The van der Waals surface area contributed by atoms with Crippen LogP contribution in [-0.4, -0.2) is 102 Å². The van der Waals surface area contributed by atoms with E-state index < -0.39 is 12.2 Å². The molecule has 0 aromatic heterocycles. The zero-order valence-corrected chi connectivity index (χ0v) is 28.9. The summed E-state index contributed by atoms with van der Waals surface area (Å²) in [5, 5.41) is 8.11. The number of anilines is 1. The van der Waals surface area contributed by atoms with Crippen LogP contribution in [0.5, 0.6) is 0 Å². The summed E-state index contributed by atoms with van der Waals surface area (Å²) in [5.41, 5.74) is 6.64. The topological polar surface area (TPSA) is 186 Å². The zero-order chi connectivity index (χ0) is 34.9. The number of alkyl halides is 1. The molecule has 0 unspecified atom stereocenters. The minimum absolute atomic E-state index is 0.0714. The van der Waals surface area contributed by atoms with E-state index in [0.29, 0.717) is 70.6 Å². The van der Waals surface area contributed by atoms with Crippen molar-refractivity contribution in [2.45, 2.75) is 70.8 Å². The number of nitrogens with two attached hydrogens (primary N) is 1. The Morgan fingerprint density at radius 3 is 1.73 bits per heavy atom. The van der Waals surface area contributed by atoms with Crippen molar-refractivity contribution in [2.75, 3.05) is 83.8 Å². The van der Waals surface area contributed by atoms with E-state index in [2.05, 4.69) is 16.0 Å². The molecule has 48 heavy (non-hydrogen) atoms. The molecule has 1 aromatic carbocycles. The Balaban J connectivity index is 1.89. The molecule has 0 aliphatic carbocycles. The summed E-state index contributed by atoms with van der Waals surface area (Å²) in [5.74, 6) is 0.339. The van der Waals surface area contributed by atoms with Gasteiger partial charge in [0.05, 0.1) is 46.2 Å². The number of benzene rings is 1. The van der Waals surface area contributed by atoms with Crippen LogP contribution < -0.4 is 21.7 Å². The highest BCUT2D eigenvalue weighted by Crippen LogP contribution is 2.12. The maximum atomic E-state index is 12.1. The highest BCUT2D eigenvalue weighted by molar-refractivity contribution is 6.17. The van der Waals surface area contributed by atoms with Gasteiger partial charge >= 0.3 is 12.2 Å². The third-order valence-electron chi connectivity index (χ3n) is 6.61. The second-order valence-electron chi connectivity index (χ2n) is 10.7. The summed E-state index contributed by atoms with van der Waals surface area (Å²) in [7, 11) is 0. The van der Waals surface area contributed by atoms with Crippen LogP contribution in [0.25, 0.3) is 0 Å². The molecule has 4 amide bonds. The van der Waals surface area contributed by atoms with Crippen molar-refractivity contribution in [3.63, 3.8) is 0 Å². The summed E-state index contributed by atoms with van der Waals surface area (Å²) >= 11 is 5.64. The first-order valence-corrected chi connectivity index (χ1v) is 17.3. The normalized spacial score (nSPS) is 10.8. The van der Waals surface area contributed by atoms with Gasteiger partial charge in [0.15, 0.2) is 0 Å². The summed E-state index contributed by atoms with van der Waals surface area (Å²) < 4.78 is 31.7. The third kappa shape index (κ3) is 27.9. The lowest BCUT2D eigenvalue weighted by atomic mass is 10.1. The Morgan fingerprint density at radius 1 is 0.583 bits per heavy atom. The fourth-order valence-electron chi connectivity index (χ4n) is 4.05. The number of alkyl carbamates (subject to hydrolysis) is 2. The van der Waals surface area contributed by atoms with E-state index >= 15 is 0 Å². The average molecular weight is 703 g/mol. The summed E-state index contributed by atoms with van der Waals surface area (Å²) in [6, 6.07) is 7.16. The van der Waals surface area contributed by atoms with Crippen LogP contribution in [0.15, 0.2) is 24.3 Å². The highest BCUT2D eigenvalue weighted by atomic mass is 35.5. The van der Waals surface area contributed by atoms with Crippen LogP contribution in [0.2, 0.25) is 0 Å². The number of ether oxygens (including phenoxy) is 6. The number of halogens is 1. The Labute approximate surface area is 289 Å². The number of hydrogen-bond donors (Lipinski definition) is 4. The third-order valence-corrected chi connectivity index (χ3v) is 6.87. The van der Waals surface area contributed by atoms with Crippen LogP contribution >= 0.6 is 11.6 Å². The molecule has 0 spiro atoms. The maximum Gasteiger partial charge on any atom is 0.407 e. The largest absolute Gasteiger partial charge is 0.447 e. The van der Waals surface area contributed by atoms with Gasteiger partial charge in [0.25, 0.3) is 0 Å². The summed E-state index contributed by atoms with van der Waals surface area (Å²) in [4.78, 5) is 46.4. The van der Waals surface area contributed by atoms with Gasteiger partial charge < -0.3 is 50.1 Å². The van der Waals surface area contributed by atoms with Gasteiger partial charge in [-0.3, -0.25) is 9.59 Å². The quantitative estimate of drug-likeness (QED) is 0.0643. The first-order chi connectivity index (χ1) is 23.4. The van der Waals surface area contributed by atoms with E-state index in [-0.39, 0.29) is 44.8 Å². The minimum atomic E-state index is -0.570. The molecule has 0 bridgehead atoms. The fourth-order valence-corrected chi connectivity index (χ4v) is 4.24. The lowest BCUT2D eigenvalue weighted by molar-refractivity contribution is -0.118. The second-order valence-corrected chi connectivity index (χ2v) is 11.1. The number of amides is 4. The van der Waals surface area contributed by atoms with Crippen molar-refractivity contribution >= 4 is 41.3 Å². The molecular weight excluding hydrogens is 648 g/mol. The molecule has 0 fully saturated rings. The van der Waals surface area contributed by atoms with Crippen LogP contribution in [-0.2, 0) is 44.6 Å². The fraction of sp³-hybridized carbons (Fsp3) is 0.697. The van der Waals surface area contributed by atoms with Crippen molar-refractivity contribution in [3.05, 3.63) is 29.8 Å². The second kappa shape index (κ2) is 31.1. The molecule has 0 heterocycles. The molecule has 15 heteroatoms. The molecule has 14 nitrogen and oxygen atoms in total. The SMILES string of the molecule is NC(=O)CCCCCCC(=O)Nc1ccc(CNC(=O)OCCOCCOCCOC(=O)NCCOCCOCCCCCCCl)cc1. The highest BCUT2D eigenvalue weighted by Gasteiger charge is 2.06. The molecule has 0 aliphatic heterocycles. The number of carbonyl (C=O) groups is 4. The van der Waals surface area contributed by atoms with Gasteiger partial charge in [-0.15, -0.1) is 11.6 Å². The van der Waals surface area contributed by atoms with Crippen molar-refractivity contribution in [2.24, 2.45) is 5.73 Å². The Kier molecular flexibility index (Phi) is 27.8. The van der Waals surface area contributed by atoms with E-state index in [0.717, 1.165) is 56.9 Å². The summed E-state index contributed by atoms with van der Waals surface area (Å²) in [6.07, 6.45) is 7.22. The van der Waals surface area contributed by atoms with Gasteiger partial charge in [-0.2, -0.15) is 0 Å². The van der Waals surface area contributed by atoms with Gasteiger partial charge in [0.1, 0.15) is 13.2 Å².